The van der Waals surface area contributed by atoms with Crippen molar-refractivity contribution in [2.75, 3.05) is 6.54 Å². The molecule has 3 rings (SSSR count). The topological polar surface area (TPSA) is 66.4 Å². The van der Waals surface area contributed by atoms with Crippen LogP contribution >= 0.6 is 0 Å². The zero-order valence-corrected chi connectivity index (χ0v) is 14.0. The number of rotatable bonds is 6. The maximum absolute atomic E-state index is 12.9. The van der Waals surface area contributed by atoms with E-state index in [0.717, 1.165) is 24.8 Å². The average molecular weight is 349 g/mol. The van der Waals surface area contributed by atoms with Gasteiger partial charge in [0.15, 0.2) is 0 Å². The lowest BCUT2D eigenvalue weighted by atomic mass is 10.1. The van der Waals surface area contributed by atoms with Gasteiger partial charge in [-0.2, -0.15) is 0 Å². The first kappa shape index (κ1) is 17.1. The number of aryl methyl sites for hydroxylation is 2. The highest BCUT2D eigenvalue weighted by atomic mass is 32.2. The second-order valence-corrected chi connectivity index (χ2v) is 7.80. The Bertz CT molecular complexity index is 819. The van der Waals surface area contributed by atoms with Gasteiger partial charge >= 0.3 is 0 Å². The van der Waals surface area contributed by atoms with Crippen molar-refractivity contribution in [1.29, 1.82) is 0 Å². The van der Waals surface area contributed by atoms with Crippen LogP contribution in [0.2, 0.25) is 0 Å². The zero-order valence-electron chi connectivity index (χ0n) is 13.2. The molecule has 0 fully saturated rings. The maximum Gasteiger partial charge on any atom is 0.240 e. The van der Waals surface area contributed by atoms with E-state index in [1.54, 1.807) is 12.1 Å². The van der Waals surface area contributed by atoms with E-state index >= 15 is 0 Å². The number of hydrogen-bond donors (Lipinski definition) is 2. The van der Waals surface area contributed by atoms with E-state index < -0.39 is 16.1 Å². The van der Waals surface area contributed by atoms with Crippen molar-refractivity contribution in [3.05, 3.63) is 65.0 Å². The van der Waals surface area contributed by atoms with Crippen LogP contribution in [0.1, 0.15) is 35.6 Å². The van der Waals surface area contributed by atoms with Gasteiger partial charge in [0.2, 0.25) is 10.0 Å². The first-order chi connectivity index (χ1) is 11.5. The van der Waals surface area contributed by atoms with Crippen molar-refractivity contribution in [2.24, 2.45) is 0 Å². The molecule has 0 spiro atoms. The molecule has 1 unspecified atom stereocenters. The molecule has 1 aliphatic rings. The van der Waals surface area contributed by atoms with Gasteiger partial charge in [-0.25, -0.2) is 17.5 Å². The molecule has 0 radical (unpaired) electrons. The van der Waals surface area contributed by atoms with Gasteiger partial charge in [-0.05, 0) is 66.6 Å². The van der Waals surface area contributed by atoms with Crippen molar-refractivity contribution in [2.45, 2.75) is 36.7 Å². The van der Waals surface area contributed by atoms with Gasteiger partial charge in [-0.1, -0.05) is 18.2 Å². The van der Waals surface area contributed by atoms with Crippen LogP contribution in [0.3, 0.4) is 0 Å². The molecule has 128 valence electrons. The molecular weight excluding hydrogens is 329 g/mol. The maximum atomic E-state index is 12.9. The van der Waals surface area contributed by atoms with Gasteiger partial charge in [0.25, 0.3) is 0 Å². The highest BCUT2D eigenvalue weighted by Gasteiger charge is 2.18. The van der Waals surface area contributed by atoms with E-state index in [1.165, 1.54) is 29.8 Å². The highest BCUT2D eigenvalue weighted by Crippen LogP contribution is 2.24. The van der Waals surface area contributed by atoms with Crippen LogP contribution in [-0.4, -0.2) is 20.1 Å². The summed E-state index contributed by atoms with van der Waals surface area (Å²) >= 11 is 0. The Kier molecular flexibility index (Phi) is 4.99. The van der Waals surface area contributed by atoms with E-state index in [0.29, 0.717) is 5.56 Å². The third kappa shape index (κ3) is 3.83. The summed E-state index contributed by atoms with van der Waals surface area (Å²) in [6, 6.07) is 10.8. The van der Waals surface area contributed by atoms with Gasteiger partial charge < -0.3 is 5.11 Å². The van der Waals surface area contributed by atoms with Crippen LogP contribution in [0.25, 0.3) is 0 Å². The Morgan fingerprint density at radius 3 is 2.54 bits per heavy atom. The van der Waals surface area contributed by atoms with Crippen LogP contribution in [-0.2, 0) is 22.9 Å². The quantitative estimate of drug-likeness (QED) is 0.843. The molecule has 1 atom stereocenters. The van der Waals surface area contributed by atoms with Gasteiger partial charge in [-0.3, -0.25) is 0 Å². The fraction of sp³-hybridized carbons (Fsp3) is 0.333. The summed E-state index contributed by atoms with van der Waals surface area (Å²) in [6.07, 6.45) is 2.37. The molecule has 24 heavy (non-hydrogen) atoms. The van der Waals surface area contributed by atoms with Crippen molar-refractivity contribution < 1.29 is 17.9 Å². The number of aliphatic hydroxyl groups excluding tert-OH is 1. The molecule has 0 aliphatic heterocycles. The summed E-state index contributed by atoms with van der Waals surface area (Å²) in [6.45, 7) is 0.109. The average Bonchev–Trinajstić information content (AvgIpc) is 3.02. The summed E-state index contributed by atoms with van der Waals surface area (Å²) in [4.78, 5) is 0.263. The van der Waals surface area contributed by atoms with Crippen LogP contribution in [0.5, 0.6) is 0 Å². The van der Waals surface area contributed by atoms with Crippen molar-refractivity contribution >= 4 is 10.0 Å². The second kappa shape index (κ2) is 7.01. The molecule has 6 heteroatoms. The Morgan fingerprint density at radius 2 is 1.79 bits per heavy atom. The van der Waals surface area contributed by atoms with E-state index in [-0.39, 0.29) is 23.7 Å². The van der Waals surface area contributed by atoms with E-state index in [4.69, 9.17) is 0 Å². The van der Waals surface area contributed by atoms with E-state index in [9.17, 15) is 17.9 Å². The molecule has 0 amide bonds. The molecular formula is C18H20FNO3S. The number of benzene rings is 2. The number of halogens is 1. The minimum atomic E-state index is -3.59. The lowest BCUT2D eigenvalue weighted by Crippen LogP contribution is -2.26. The van der Waals surface area contributed by atoms with Crippen LogP contribution < -0.4 is 4.72 Å². The normalized spacial score (nSPS) is 15.2. The van der Waals surface area contributed by atoms with Gasteiger partial charge in [0.1, 0.15) is 5.82 Å². The predicted molar refractivity (Wildman–Crippen MR) is 89.6 cm³/mol. The largest absolute Gasteiger partial charge is 0.388 e. The smallest absolute Gasteiger partial charge is 0.240 e. The number of fused-ring (bicyclic) bond motifs is 1. The standard InChI is InChI=1S/C18H20FNO3S/c19-16-7-4-14(5-8-16)18(21)10-11-20-24(22,23)17-9-6-13-2-1-3-15(13)12-17/h4-9,12,18,20-21H,1-3,10-11H2. The van der Waals surface area contributed by atoms with Crippen molar-refractivity contribution in [1.82, 2.24) is 4.72 Å². The minimum Gasteiger partial charge on any atom is -0.388 e. The minimum absolute atomic E-state index is 0.109. The fourth-order valence-corrected chi connectivity index (χ4v) is 4.08. The molecule has 4 nitrogen and oxygen atoms in total. The Morgan fingerprint density at radius 1 is 1.08 bits per heavy atom. The molecule has 2 N–H and O–H groups in total. The van der Waals surface area contributed by atoms with Crippen molar-refractivity contribution in [3.8, 4) is 0 Å². The number of sulfonamides is 1. The number of hydrogen-bond acceptors (Lipinski definition) is 3. The first-order valence-electron chi connectivity index (χ1n) is 8.01. The van der Waals surface area contributed by atoms with Gasteiger partial charge in [0.05, 0.1) is 11.0 Å². The lowest BCUT2D eigenvalue weighted by Gasteiger charge is -2.12. The third-order valence-electron chi connectivity index (χ3n) is 4.34. The monoisotopic (exact) mass is 349 g/mol. The zero-order chi connectivity index (χ0) is 17.2. The Labute approximate surface area is 141 Å². The summed E-state index contributed by atoms with van der Waals surface area (Å²) < 4.78 is 40.1. The van der Waals surface area contributed by atoms with E-state index in [2.05, 4.69) is 4.72 Å². The summed E-state index contributed by atoms with van der Waals surface area (Å²) in [5.41, 5.74) is 2.89. The molecule has 2 aromatic rings. The van der Waals surface area contributed by atoms with Crippen LogP contribution in [0, 0.1) is 5.82 Å². The third-order valence-corrected chi connectivity index (χ3v) is 5.80. The van der Waals surface area contributed by atoms with Crippen molar-refractivity contribution in [3.63, 3.8) is 0 Å². The molecule has 2 aromatic carbocycles. The van der Waals surface area contributed by atoms with E-state index in [1.807, 2.05) is 6.07 Å². The lowest BCUT2D eigenvalue weighted by molar-refractivity contribution is 0.169. The molecule has 1 aliphatic carbocycles. The highest BCUT2D eigenvalue weighted by molar-refractivity contribution is 7.89. The first-order valence-corrected chi connectivity index (χ1v) is 9.49. The molecule has 0 saturated carbocycles. The fourth-order valence-electron chi connectivity index (χ4n) is 2.98. The van der Waals surface area contributed by atoms with Crippen LogP contribution in [0.15, 0.2) is 47.4 Å². The second-order valence-electron chi connectivity index (χ2n) is 6.04. The molecule has 0 bridgehead atoms. The molecule has 0 heterocycles. The number of nitrogens with one attached hydrogen (secondary N) is 1. The SMILES string of the molecule is O=S(=O)(NCCC(O)c1ccc(F)cc1)c1ccc2c(c1)CCC2. The van der Waals surface area contributed by atoms with Gasteiger partial charge in [-0.15, -0.1) is 0 Å². The van der Waals surface area contributed by atoms with Crippen LogP contribution in [0.4, 0.5) is 4.39 Å². The summed E-state index contributed by atoms with van der Waals surface area (Å²) in [7, 11) is -3.59. The summed E-state index contributed by atoms with van der Waals surface area (Å²) in [5, 5.41) is 10.0. The summed E-state index contributed by atoms with van der Waals surface area (Å²) in [5.74, 6) is -0.372. The predicted octanol–water partition coefficient (Wildman–Crippen LogP) is 2.72. The van der Waals surface area contributed by atoms with Gasteiger partial charge in [0, 0.05) is 6.54 Å². The molecule has 0 aromatic heterocycles. The number of aliphatic hydroxyl groups is 1. The molecule has 0 saturated heterocycles. The Hall–Kier alpha value is -1.76. The Balaban J connectivity index is 1.60.